The van der Waals surface area contributed by atoms with Gasteiger partial charge in [0.25, 0.3) is 5.89 Å². The molecule has 3 aromatic rings. The van der Waals surface area contributed by atoms with Gasteiger partial charge in [-0.2, -0.15) is 5.10 Å². The van der Waals surface area contributed by atoms with Gasteiger partial charge in [0.2, 0.25) is 5.89 Å². The van der Waals surface area contributed by atoms with Crippen LogP contribution in [-0.2, 0) is 13.5 Å². The van der Waals surface area contributed by atoms with Crippen molar-refractivity contribution in [3.8, 4) is 11.6 Å². The Morgan fingerprint density at radius 2 is 1.95 bits per heavy atom. The van der Waals surface area contributed by atoms with Crippen molar-refractivity contribution in [3.63, 3.8) is 0 Å². The summed E-state index contributed by atoms with van der Waals surface area (Å²) in [6.45, 7) is 1.93. The monoisotopic (exact) mass is 288 g/mol. The average Bonchev–Trinajstić information content (AvgIpc) is 2.99. The molecule has 0 atom stereocenters. The van der Waals surface area contributed by atoms with Gasteiger partial charge in [-0.05, 0) is 30.7 Å². The molecule has 1 aromatic carbocycles. The normalized spacial score (nSPS) is 10.9. The van der Waals surface area contributed by atoms with Crippen LogP contribution in [0.4, 0.5) is 0 Å². The van der Waals surface area contributed by atoms with Gasteiger partial charge in [-0.15, -0.1) is 10.2 Å². The minimum absolute atomic E-state index is 0.483. The predicted octanol–water partition coefficient (Wildman–Crippen LogP) is 3.02. The van der Waals surface area contributed by atoms with Gasteiger partial charge >= 0.3 is 0 Å². The third kappa shape index (κ3) is 2.58. The average molecular weight is 289 g/mol. The van der Waals surface area contributed by atoms with E-state index >= 15 is 0 Å². The Kier molecular flexibility index (Phi) is 3.28. The number of rotatable bonds is 3. The van der Waals surface area contributed by atoms with Crippen LogP contribution in [0.15, 0.2) is 34.7 Å². The van der Waals surface area contributed by atoms with Crippen LogP contribution in [0.2, 0.25) is 5.02 Å². The molecule has 0 saturated carbocycles. The SMILES string of the molecule is Cc1cc(-c2nnc(Cc3ccc(Cl)cc3)o2)n(C)n1. The van der Waals surface area contributed by atoms with Gasteiger partial charge in [0, 0.05) is 12.1 Å². The number of hydrogen-bond donors (Lipinski definition) is 0. The fourth-order valence-corrected chi connectivity index (χ4v) is 2.14. The number of nitrogens with zero attached hydrogens (tertiary/aromatic N) is 4. The summed E-state index contributed by atoms with van der Waals surface area (Å²) in [6.07, 6.45) is 0.584. The van der Waals surface area contributed by atoms with Gasteiger partial charge in [0.05, 0.1) is 12.1 Å². The second-order valence-electron chi connectivity index (χ2n) is 4.60. The molecule has 0 saturated heterocycles. The van der Waals surface area contributed by atoms with Crippen molar-refractivity contribution in [2.24, 2.45) is 7.05 Å². The highest BCUT2D eigenvalue weighted by Crippen LogP contribution is 2.20. The molecule has 6 heteroatoms. The van der Waals surface area contributed by atoms with Gasteiger partial charge in [-0.1, -0.05) is 23.7 Å². The summed E-state index contributed by atoms with van der Waals surface area (Å²) in [6, 6.07) is 9.50. The zero-order valence-electron chi connectivity index (χ0n) is 11.2. The number of aryl methyl sites for hydroxylation is 2. The van der Waals surface area contributed by atoms with E-state index in [0.29, 0.717) is 23.2 Å². The van der Waals surface area contributed by atoms with E-state index < -0.39 is 0 Å². The maximum Gasteiger partial charge on any atom is 0.265 e. The van der Waals surface area contributed by atoms with Crippen LogP contribution >= 0.6 is 11.6 Å². The molecular weight excluding hydrogens is 276 g/mol. The van der Waals surface area contributed by atoms with Crippen LogP contribution < -0.4 is 0 Å². The lowest BCUT2D eigenvalue weighted by molar-refractivity contribution is 0.512. The van der Waals surface area contributed by atoms with E-state index in [1.807, 2.05) is 44.3 Å². The molecule has 102 valence electrons. The first kappa shape index (κ1) is 12.9. The van der Waals surface area contributed by atoms with Gasteiger partial charge in [0.15, 0.2) is 0 Å². The van der Waals surface area contributed by atoms with Crippen molar-refractivity contribution < 1.29 is 4.42 Å². The molecule has 0 spiro atoms. The smallest absolute Gasteiger partial charge is 0.265 e. The second-order valence-corrected chi connectivity index (χ2v) is 5.04. The van der Waals surface area contributed by atoms with E-state index in [-0.39, 0.29) is 0 Å². The van der Waals surface area contributed by atoms with Crippen LogP contribution in [0.5, 0.6) is 0 Å². The minimum atomic E-state index is 0.483. The third-order valence-corrected chi connectivity index (χ3v) is 3.21. The van der Waals surface area contributed by atoms with Crippen molar-refractivity contribution in [3.05, 3.63) is 52.5 Å². The predicted molar refractivity (Wildman–Crippen MR) is 75.5 cm³/mol. The standard InChI is InChI=1S/C14H13ClN4O/c1-9-7-12(19(2)18-9)14-17-16-13(20-14)8-10-3-5-11(15)6-4-10/h3-7H,8H2,1-2H3. The van der Waals surface area contributed by atoms with Crippen molar-refractivity contribution in [1.82, 2.24) is 20.0 Å². The van der Waals surface area contributed by atoms with E-state index in [9.17, 15) is 0 Å². The van der Waals surface area contributed by atoms with E-state index in [4.69, 9.17) is 16.0 Å². The molecule has 0 aliphatic rings. The number of halogens is 1. The highest BCUT2D eigenvalue weighted by atomic mass is 35.5. The Morgan fingerprint density at radius 1 is 1.20 bits per heavy atom. The Bertz CT molecular complexity index is 730. The third-order valence-electron chi connectivity index (χ3n) is 2.96. The molecule has 0 unspecified atom stereocenters. The molecule has 2 heterocycles. The Morgan fingerprint density at radius 3 is 2.60 bits per heavy atom. The molecule has 5 nitrogen and oxygen atoms in total. The topological polar surface area (TPSA) is 56.7 Å². The Balaban J connectivity index is 1.83. The highest BCUT2D eigenvalue weighted by molar-refractivity contribution is 6.30. The lowest BCUT2D eigenvalue weighted by Crippen LogP contribution is -1.93. The molecule has 0 amide bonds. The molecule has 0 N–H and O–H groups in total. The second kappa shape index (κ2) is 5.09. The zero-order chi connectivity index (χ0) is 14.1. The van der Waals surface area contributed by atoms with Gasteiger partial charge < -0.3 is 4.42 Å². The summed E-state index contributed by atoms with van der Waals surface area (Å²) >= 11 is 5.86. The summed E-state index contributed by atoms with van der Waals surface area (Å²) < 4.78 is 7.41. The molecule has 0 bridgehead atoms. The summed E-state index contributed by atoms with van der Waals surface area (Å²) in [5.74, 6) is 1.05. The molecule has 20 heavy (non-hydrogen) atoms. The maximum atomic E-state index is 5.86. The molecule has 2 aromatic heterocycles. The fourth-order valence-electron chi connectivity index (χ4n) is 2.02. The van der Waals surface area contributed by atoms with Gasteiger partial charge in [0.1, 0.15) is 5.69 Å². The number of aromatic nitrogens is 4. The summed E-state index contributed by atoms with van der Waals surface area (Å²) in [5, 5.41) is 13.1. The van der Waals surface area contributed by atoms with E-state index in [2.05, 4.69) is 15.3 Å². The fraction of sp³-hybridized carbons (Fsp3) is 0.214. The van der Waals surface area contributed by atoms with E-state index in [0.717, 1.165) is 17.0 Å². The van der Waals surface area contributed by atoms with Crippen molar-refractivity contribution in [2.45, 2.75) is 13.3 Å². The Labute approximate surface area is 121 Å². The van der Waals surface area contributed by atoms with Crippen LogP contribution in [-0.4, -0.2) is 20.0 Å². The molecule has 0 aliphatic heterocycles. The first-order chi connectivity index (χ1) is 9.61. The van der Waals surface area contributed by atoms with Crippen LogP contribution in [0.3, 0.4) is 0 Å². The summed E-state index contributed by atoms with van der Waals surface area (Å²) in [5.41, 5.74) is 2.81. The highest BCUT2D eigenvalue weighted by Gasteiger charge is 2.13. The van der Waals surface area contributed by atoms with Crippen molar-refractivity contribution in [1.29, 1.82) is 0 Å². The maximum absolute atomic E-state index is 5.86. The molecule has 3 rings (SSSR count). The van der Waals surface area contributed by atoms with Crippen LogP contribution in [0, 0.1) is 6.92 Å². The van der Waals surface area contributed by atoms with Crippen LogP contribution in [0.1, 0.15) is 17.1 Å². The first-order valence-corrected chi connectivity index (χ1v) is 6.57. The van der Waals surface area contributed by atoms with Gasteiger partial charge in [-0.25, -0.2) is 0 Å². The van der Waals surface area contributed by atoms with E-state index in [1.165, 1.54) is 0 Å². The largest absolute Gasteiger partial charge is 0.419 e. The quantitative estimate of drug-likeness (QED) is 0.743. The zero-order valence-corrected chi connectivity index (χ0v) is 11.9. The van der Waals surface area contributed by atoms with Crippen LogP contribution in [0.25, 0.3) is 11.6 Å². The lowest BCUT2D eigenvalue weighted by atomic mass is 10.1. The van der Waals surface area contributed by atoms with Crippen molar-refractivity contribution >= 4 is 11.6 Å². The number of benzene rings is 1. The molecular formula is C14H13ClN4O. The molecule has 0 fully saturated rings. The molecule has 0 radical (unpaired) electrons. The first-order valence-electron chi connectivity index (χ1n) is 6.19. The lowest BCUT2D eigenvalue weighted by Gasteiger charge is -1.97. The van der Waals surface area contributed by atoms with Gasteiger partial charge in [-0.3, -0.25) is 4.68 Å². The van der Waals surface area contributed by atoms with E-state index in [1.54, 1.807) is 4.68 Å². The Hall–Kier alpha value is -2.14. The minimum Gasteiger partial charge on any atom is -0.419 e. The summed E-state index contributed by atoms with van der Waals surface area (Å²) in [4.78, 5) is 0. The van der Waals surface area contributed by atoms with Crippen molar-refractivity contribution in [2.75, 3.05) is 0 Å². The summed E-state index contributed by atoms with van der Waals surface area (Å²) in [7, 11) is 1.85. The molecule has 0 aliphatic carbocycles. The number of hydrogen-bond acceptors (Lipinski definition) is 4.